The highest BCUT2D eigenvalue weighted by atomic mass is 32.2. The van der Waals surface area contributed by atoms with Gasteiger partial charge in [-0.25, -0.2) is 0 Å². The van der Waals surface area contributed by atoms with Crippen molar-refractivity contribution in [1.29, 1.82) is 0 Å². The Labute approximate surface area is 116 Å². The van der Waals surface area contributed by atoms with Gasteiger partial charge in [0.1, 0.15) is 0 Å². The number of nitrogens with one attached hydrogen (secondary N) is 1. The summed E-state index contributed by atoms with van der Waals surface area (Å²) in [4.78, 5) is 22.9. The topological polar surface area (TPSA) is 72.2 Å². The normalized spacial score (nSPS) is 10.5. The third-order valence-electron chi connectivity index (χ3n) is 2.64. The van der Waals surface area contributed by atoms with Crippen LogP contribution in [0.3, 0.4) is 0 Å². The first-order chi connectivity index (χ1) is 8.95. The summed E-state index contributed by atoms with van der Waals surface area (Å²) in [6.07, 6.45) is 2.65. The lowest BCUT2D eigenvalue weighted by atomic mass is 10.1. The molecule has 1 aromatic carbocycles. The fourth-order valence-electron chi connectivity index (χ4n) is 1.55. The summed E-state index contributed by atoms with van der Waals surface area (Å²) in [7, 11) is 0. The standard InChI is InChI=1S/C13H18N2O3S/c1-9(2)6-7-14-13(16)10-4-5-12(19-3)11(8-10)15(17)18/h4-5,8-9H,6-7H2,1-3H3,(H,14,16). The average Bonchev–Trinajstić information content (AvgIpc) is 2.37. The summed E-state index contributed by atoms with van der Waals surface area (Å²) in [6, 6.07) is 4.56. The Hall–Kier alpha value is -1.56. The van der Waals surface area contributed by atoms with Crippen molar-refractivity contribution in [2.75, 3.05) is 12.8 Å². The molecular formula is C13H18N2O3S. The maximum Gasteiger partial charge on any atom is 0.283 e. The molecule has 6 heteroatoms. The molecule has 5 nitrogen and oxygen atoms in total. The van der Waals surface area contributed by atoms with Crippen LogP contribution in [-0.4, -0.2) is 23.6 Å². The minimum Gasteiger partial charge on any atom is -0.352 e. The van der Waals surface area contributed by atoms with Gasteiger partial charge in [-0.05, 0) is 30.7 Å². The van der Waals surface area contributed by atoms with Crippen LogP contribution in [0.2, 0.25) is 0 Å². The zero-order chi connectivity index (χ0) is 14.4. The molecule has 0 spiro atoms. The molecule has 0 atom stereocenters. The number of nitro groups is 1. The summed E-state index contributed by atoms with van der Waals surface area (Å²) >= 11 is 1.29. The zero-order valence-electron chi connectivity index (χ0n) is 11.3. The molecule has 1 amide bonds. The quantitative estimate of drug-likeness (QED) is 0.494. The largest absolute Gasteiger partial charge is 0.352 e. The minimum atomic E-state index is -0.462. The average molecular weight is 282 g/mol. The van der Waals surface area contributed by atoms with Crippen LogP contribution in [0.5, 0.6) is 0 Å². The summed E-state index contributed by atoms with van der Waals surface area (Å²) in [5.41, 5.74) is 0.303. The van der Waals surface area contributed by atoms with Crippen LogP contribution in [0, 0.1) is 16.0 Å². The van der Waals surface area contributed by atoms with Gasteiger partial charge in [-0.15, -0.1) is 11.8 Å². The smallest absolute Gasteiger partial charge is 0.283 e. The van der Waals surface area contributed by atoms with Gasteiger partial charge in [0.15, 0.2) is 0 Å². The van der Waals surface area contributed by atoms with Crippen LogP contribution in [0.4, 0.5) is 5.69 Å². The number of nitrogens with zero attached hydrogens (tertiary/aromatic N) is 1. The highest BCUT2D eigenvalue weighted by molar-refractivity contribution is 7.98. The number of hydrogen-bond acceptors (Lipinski definition) is 4. The van der Waals surface area contributed by atoms with Crippen LogP contribution in [0.25, 0.3) is 0 Å². The second-order valence-electron chi connectivity index (χ2n) is 4.58. The summed E-state index contributed by atoms with van der Waals surface area (Å²) < 4.78 is 0. The van der Waals surface area contributed by atoms with E-state index in [1.165, 1.54) is 17.8 Å². The molecule has 0 heterocycles. The van der Waals surface area contributed by atoms with Crippen molar-refractivity contribution in [3.63, 3.8) is 0 Å². The van der Waals surface area contributed by atoms with E-state index in [9.17, 15) is 14.9 Å². The van der Waals surface area contributed by atoms with Gasteiger partial charge in [0, 0.05) is 18.2 Å². The molecular weight excluding hydrogens is 264 g/mol. The van der Waals surface area contributed by atoms with E-state index in [1.54, 1.807) is 18.4 Å². The van der Waals surface area contributed by atoms with E-state index in [-0.39, 0.29) is 11.6 Å². The maximum absolute atomic E-state index is 11.9. The summed E-state index contributed by atoms with van der Waals surface area (Å²) in [6.45, 7) is 4.73. The lowest BCUT2D eigenvalue weighted by Gasteiger charge is -2.08. The molecule has 0 aliphatic carbocycles. The van der Waals surface area contributed by atoms with E-state index in [4.69, 9.17) is 0 Å². The number of thioether (sulfide) groups is 1. The predicted molar refractivity (Wildman–Crippen MR) is 76.7 cm³/mol. The molecule has 19 heavy (non-hydrogen) atoms. The van der Waals surface area contributed by atoms with Gasteiger partial charge in [-0.1, -0.05) is 13.8 Å². The van der Waals surface area contributed by atoms with Crippen molar-refractivity contribution in [3.8, 4) is 0 Å². The highest BCUT2D eigenvalue weighted by Gasteiger charge is 2.16. The molecule has 0 radical (unpaired) electrons. The van der Waals surface area contributed by atoms with Crippen molar-refractivity contribution in [3.05, 3.63) is 33.9 Å². The number of carbonyl (C=O) groups excluding carboxylic acids is 1. The third-order valence-corrected chi connectivity index (χ3v) is 3.43. The first-order valence-corrected chi connectivity index (χ1v) is 7.28. The third kappa shape index (κ3) is 4.55. The zero-order valence-corrected chi connectivity index (χ0v) is 12.1. The molecule has 1 aromatic rings. The molecule has 0 aliphatic rings. The molecule has 0 unspecified atom stereocenters. The number of nitro benzene ring substituents is 1. The van der Waals surface area contributed by atoms with Gasteiger partial charge in [0.05, 0.1) is 9.82 Å². The first-order valence-electron chi connectivity index (χ1n) is 6.06. The van der Waals surface area contributed by atoms with E-state index in [0.717, 1.165) is 6.42 Å². The van der Waals surface area contributed by atoms with Gasteiger partial charge in [-0.3, -0.25) is 14.9 Å². The highest BCUT2D eigenvalue weighted by Crippen LogP contribution is 2.28. The van der Waals surface area contributed by atoms with Crippen LogP contribution in [0.15, 0.2) is 23.1 Å². The van der Waals surface area contributed by atoms with Crippen molar-refractivity contribution >= 4 is 23.4 Å². The Morgan fingerprint density at radius 3 is 2.68 bits per heavy atom. The molecule has 104 valence electrons. The van der Waals surface area contributed by atoms with Gasteiger partial charge < -0.3 is 5.32 Å². The van der Waals surface area contributed by atoms with Gasteiger partial charge >= 0.3 is 0 Å². The molecule has 1 N–H and O–H groups in total. The lowest BCUT2D eigenvalue weighted by Crippen LogP contribution is -2.25. The molecule has 0 fully saturated rings. The SMILES string of the molecule is CSc1ccc(C(=O)NCCC(C)C)cc1[N+](=O)[O-]. The summed E-state index contributed by atoms with van der Waals surface area (Å²) in [5, 5.41) is 13.7. The molecule has 0 saturated heterocycles. The van der Waals surface area contributed by atoms with E-state index in [0.29, 0.717) is 22.9 Å². The van der Waals surface area contributed by atoms with Gasteiger partial charge in [-0.2, -0.15) is 0 Å². The van der Waals surface area contributed by atoms with Gasteiger partial charge in [0.25, 0.3) is 11.6 Å². The second kappa shape index (κ2) is 7.13. The van der Waals surface area contributed by atoms with Crippen LogP contribution < -0.4 is 5.32 Å². The Balaban J connectivity index is 2.81. The van der Waals surface area contributed by atoms with Crippen LogP contribution >= 0.6 is 11.8 Å². The first kappa shape index (κ1) is 15.5. The second-order valence-corrected chi connectivity index (χ2v) is 5.43. The summed E-state index contributed by atoms with van der Waals surface area (Å²) in [5.74, 6) is 0.241. The van der Waals surface area contributed by atoms with Crippen molar-refractivity contribution in [2.45, 2.75) is 25.2 Å². The fraction of sp³-hybridized carbons (Fsp3) is 0.462. The van der Waals surface area contributed by atoms with Gasteiger partial charge in [0.2, 0.25) is 0 Å². The Morgan fingerprint density at radius 1 is 1.47 bits per heavy atom. The van der Waals surface area contributed by atoms with Crippen LogP contribution in [0.1, 0.15) is 30.6 Å². The van der Waals surface area contributed by atoms with E-state index < -0.39 is 4.92 Å². The maximum atomic E-state index is 11.9. The predicted octanol–water partition coefficient (Wildman–Crippen LogP) is 3.09. The monoisotopic (exact) mass is 282 g/mol. The van der Waals surface area contributed by atoms with Crippen molar-refractivity contribution < 1.29 is 9.72 Å². The Bertz CT molecular complexity index is 475. The number of hydrogen-bond donors (Lipinski definition) is 1. The number of amides is 1. The molecule has 0 aromatic heterocycles. The van der Waals surface area contributed by atoms with E-state index >= 15 is 0 Å². The lowest BCUT2D eigenvalue weighted by molar-refractivity contribution is -0.387. The van der Waals surface area contributed by atoms with Crippen molar-refractivity contribution in [1.82, 2.24) is 5.32 Å². The van der Waals surface area contributed by atoms with E-state index in [1.807, 2.05) is 0 Å². The number of rotatable bonds is 6. The molecule has 0 bridgehead atoms. The Kier molecular flexibility index (Phi) is 5.82. The number of benzene rings is 1. The molecule has 0 aliphatic heterocycles. The molecule has 1 rings (SSSR count). The minimum absolute atomic E-state index is 0.0241. The number of carbonyl (C=O) groups is 1. The fourth-order valence-corrected chi connectivity index (χ4v) is 2.10. The Morgan fingerprint density at radius 2 is 2.16 bits per heavy atom. The van der Waals surface area contributed by atoms with Crippen molar-refractivity contribution in [2.24, 2.45) is 5.92 Å². The van der Waals surface area contributed by atoms with E-state index in [2.05, 4.69) is 19.2 Å². The van der Waals surface area contributed by atoms with Crippen LogP contribution in [-0.2, 0) is 0 Å². The molecule has 0 saturated carbocycles.